The molecule has 0 bridgehead atoms. The van der Waals surface area contributed by atoms with Crippen molar-refractivity contribution in [1.29, 1.82) is 0 Å². The first-order valence-corrected chi connectivity index (χ1v) is 10.3. The van der Waals surface area contributed by atoms with E-state index in [2.05, 4.69) is 57.2 Å². The molecule has 0 fully saturated rings. The maximum atomic E-state index is 5.77. The molecular weight excluding hydrogens is 372 g/mol. The Hall–Kier alpha value is -2.94. The average molecular weight is 405 g/mol. The van der Waals surface area contributed by atoms with E-state index in [0.29, 0.717) is 0 Å². The van der Waals surface area contributed by atoms with E-state index >= 15 is 0 Å². The van der Waals surface area contributed by atoms with Crippen LogP contribution in [0.5, 0.6) is 17.2 Å². The van der Waals surface area contributed by atoms with Gasteiger partial charge in [0.15, 0.2) is 0 Å². The highest BCUT2D eigenvalue weighted by molar-refractivity contribution is 5.48. The van der Waals surface area contributed by atoms with Crippen LogP contribution in [0.15, 0.2) is 72.8 Å². The molecule has 3 aromatic carbocycles. The van der Waals surface area contributed by atoms with E-state index in [1.54, 1.807) is 21.3 Å². The van der Waals surface area contributed by atoms with E-state index in [1.807, 2.05) is 36.4 Å². The highest BCUT2D eigenvalue weighted by Crippen LogP contribution is 2.46. The van der Waals surface area contributed by atoms with Crippen LogP contribution in [-0.2, 0) is 10.8 Å². The Labute approximate surface area is 180 Å². The normalized spacial score (nSPS) is 13.4. The van der Waals surface area contributed by atoms with Gasteiger partial charge in [-0.3, -0.25) is 0 Å². The van der Waals surface area contributed by atoms with Gasteiger partial charge in [0, 0.05) is 11.0 Å². The summed E-state index contributed by atoms with van der Waals surface area (Å²) in [5.41, 5.74) is 3.34. The van der Waals surface area contributed by atoms with Crippen LogP contribution in [0, 0.1) is 0 Å². The van der Waals surface area contributed by atoms with Crippen LogP contribution in [-0.4, -0.2) is 21.3 Å². The van der Waals surface area contributed by atoms with Crippen molar-refractivity contribution in [1.82, 2.24) is 0 Å². The van der Waals surface area contributed by atoms with E-state index < -0.39 is 0 Å². The molecule has 0 saturated carbocycles. The molecule has 158 valence electrons. The first-order chi connectivity index (χ1) is 14.3. The molecule has 0 aliphatic heterocycles. The molecule has 3 aromatic rings. The summed E-state index contributed by atoms with van der Waals surface area (Å²) in [5.74, 6) is 2.63. The Bertz CT molecular complexity index is 958. The van der Waals surface area contributed by atoms with Gasteiger partial charge in [0.25, 0.3) is 0 Å². The van der Waals surface area contributed by atoms with Crippen LogP contribution in [0.3, 0.4) is 0 Å². The fraction of sp³-hybridized carbons (Fsp3) is 0.333. The number of methoxy groups -OCH3 is 3. The lowest BCUT2D eigenvalue weighted by Gasteiger charge is -2.39. The zero-order valence-corrected chi connectivity index (χ0v) is 18.9. The lowest BCUT2D eigenvalue weighted by atomic mass is 9.64. The predicted octanol–water partition coefficient (Wildman–Crippen LogP) is 6.39. The number of benzene rings is 3. The van der Waals surface area contributed by atoms with Crippen molar-refractivity contribution in [2.45, 2.75) is 38.0 Å². The van der Waals surface area contributed by atoms with Crippen molar-refractivity contribution in [2.75, 3.05) is 21.3 Å². The number of hydrogen-bond donors (Lipinski definition) is 0. The molecule has 30 heavy (non-hydrogen) atoms. The Balaban J connectivity index is 2.10. The molecule has 0 spiro atoms. The Morgan fingerprint density at radius 3 is 1.60 bits per heavy atom. The highest BCUT2D eigenvalue weighted by Gasteiger charge is 2.38. The molecule has 0 amide bonds. The summed E-state index contributed by atoms with van der Waals surface area (Å²) in [6.45, 7) is 6.90. The van der Waals surface area contributed by atoms with Crippen LogP contribution < -0.4 is 14.2 Å². The topological polar surface area (TPSA) is 27.7 Å². The zero-order chi connectivity index (χ0) is 21.8. The molecule has 1 unspecified atom stereocenters. The van der Waals surface area contributed by atoms with Crippen LogP contribution in [0.2, 0.25) is 0 Å². The van der Waals surface area contributed by atoms with Gasteiger partial charge in [-0.25, -0.2) is 0 Å². The van der Waals surface area contributed by atoms with E-state index in [-0.39, 0.29) is 10.8 Å². The Morgan fingerprint density at radius 1 is 0.600 bits per heavy atom. The molecule has 0 aliphatic carbocycles. The van der Waals surface area contributed by atoms with Crippen LogP contribution in [0.4, 0.5) is 0 Å². The second-order valence-corrected chi connectivity index (χ2v) is 8.55. The van der Waals surface area contributed by atoms with Crippen molar-refractivity contribution in [3.8, 4) is 17.2 Å². The fourth-order valence-corrected chi connectivity index (χ4v) is 4.44. The molecule has 3 nitrogen and oxygen atoms in total. The van der Waals surface area contributed by atoms with Gasteiger partial charge in [0.05, 0.1) is 21.3 Å². The van der Waals surface area contributed by atoms with Gasteiger partial charge in [0.2, 0.25) is 0 Å². The van der Waals surface area contributed by atoms with Crippen LogP contribution in [0.25, 0.3) is 0 Å². The number of para-hydroxylation sites is 1. The van der Waals surface area contributed by atoms with E-state index in [9.17, 15) is 0 Å². The van der Waals surface area contributed by atoms with Gasteiger partial charge in [0.1, 0.15) is 17.2 Å². The van der Waals surface area contributed by atoms with Crippen molar-refractivity contribution in [3.05, 3.63) is 89.5 Å². The van der Waals surface area contributed by atoms with E-state index in [1.165, 1.54) is 16.7 Å². The summed E-state index contributed by atoms with van der Waals surface area (Å²) in [6, 6.07) is 25.1. The summed E-state index contributed by atoms with van der Waals surface area (Å²) in [7, 11) is 5.13. The minimum atomic E-state index is -0.262. The Morgan fingerprint density at radius 2 is 1.10 bits per heavy atom. The predicted molar refractivity (Wildman–Crippen MR) is 123 cm³/mol. The van der Waals surface area contributed by atoms with Gasteiger partial charge in [-0.1, -0.05) is 63.2 Å². The Kier molecular flexibility index (Phi) is 6.40. The molecule has 0 N–H and O–H groups in total. The van der Waals surface area contributed by atoms with Crippen LogP contribution >= 0.6 is 0 Å². The van der Waals surface area contributed by atoms with Crippen molar-refractivity contribution in [2.24, 2.45) is 0 Å². The van der Waals surface area contributed by atoms with Crippen molar-refractivity contribution in [3.63, 3.8) is 0 Å². The summed E-state index contributed by atoms with van der Waals surface area (Å²) in [4.78, 5) is 0. The largest absolute Gasteiger partial charge is 0.497 e. The standard InChI is InChI=1S/C27H32O3/c1-26(2,20-11-15-22(28-4)16-12-20)19-27(3,21-13-17-23(29-5)18-14-21)24-9-7-8-10-25(24)30-6/h7-18H,19H2,1-6H3. The van der Waals surface area contributed by atoms with Gasteiger partial charge in [-0.2, -0.15) is 0 Å². The number of ether oxygens (including phenoxy) is 3. The van der Waals surface area contributed by atoms with Crippen molar-refractivity contribution < 1.29 is 14.2 Å². The third-order valence-electron chi connectivity index (χ3n) is 6.10. The molecule has 0 heterocycles. The molecule has 0 saturated heterocycles. The lowest BCUT2D eigenvalue weighted by molar-refractivity contribution is 0.347. The van der Waals surface area contributed by atoms with Gasteiger partial charge < -0.3 is 14.2 Å². The van der Waals surface area contributed by atoms with Crippen LogP contribution in [0.1, 0.15) is 43.9 Å². The van der Waals surface area contributed by atoms with E-state index in [0.717, 1.165) is 23.7 Å². The summed E-state index contributed by atoms with van der Waals surface area (Å²) in [5, 5.41) is 0. The summed E-state index contributed by atoms with van der Waals surface area (Å²) >= 11 is 0. The highest BCUT2D eigenvalue weighted by atomic mass is 16.5. The first-order valence-electron chi connectivity index (χ1n) is 10.3. The third-order valence-corrected chi connectivity index (χ3v) is 6.10. The maximum absolute atomic E-state index is 5.77. The monoisotopic (exact) mass is 404 g/mol. The lowest BCUT2D eigenvalue weighted by Crippen LogP contribution is -2.33. The molecular formula is C27H32O3. The quantitative estimate of drug-likeness (QED) is 0.436. The first kappa shape index (κ1) is 21.8. The SMILES string of the molecule is COc1ccc(C(C)(C)CC(C)(c2ccc(OC)cc2)c2ccccc2OC)cc1. The second-order valence-electron chi connectivity index (χ2n) is 8.55. The maximum Gasteiger partial charge on any atom is 0.122 e. The molecule has 0 aliphatic rings. The van der Waals surface area contributed by atoms with Crippen molar-refractivity contribution >= 4 is 0 Å². The van der Waals surface area contributed by atoms with Gasteiger partial charge in [-0.05, 0) is 53.3 Å². The van der Waals surface area contributed by atoms with Gasteiger partial charge in [-0.15, -0.1) is 0 Å². The minimum Gasteiger partial charge on any atom is -0.497 e. The smallest absolute Gasteiger partial charge is 0.122 e. The van der Waals surface area contributed by atoms with Gasteiger partial charge >= 0.3 is 0 Å². The zero-order valence-electron chi connectivity index (χ0n) is 18.9. The molecule has 0 radical (unpaired) electrons. The van der Waals surface area contributed by atoms with E-state index in [4.69, 9.17) is 14.2 Å². The average Bonchev–Trinajstić information content (AvgIpc) is 2.78. The minimum absolute atomic E-state index is 0.0815. The molecule has 3 heteroatoms. The summed E-state index contributed by atoms with van der Waals surface area (Å²) < 4.78 is 16.5. The molecule has 0 aromatic heterocycles. The molecule has 1 atom stereocenters. The number of rotatable bonds is 8. The second kappa shape index (κ2) is 8.83. The molecule has 3 rings (SSSR count). The fourth-order valence-electron chi connectivity index (χ4n) is 4.44. The third kappa shape index (κ3) is 4.30. The summed E-state index contributed by atoms with van der Waals surface area (Å²) in [6.07, 6.45) is 0.902. The number of hydrogen-bond acceptors (Lipinski definition) is 3.